The van der Waals surface area contributed by atoms with Gasteiger partial charge in [0.25, 0.3) is 0 Å². The van der Waals surface area contributed by atoms with Crippen molar-refractivity contribution in [2.45, 2.75) is 19.8 Å². The monoisotopic (exact) mass is 381 g/mol. The molecule has 1 N–H and O–H groups in total. The lowest BCUT2D eigenvalue weighted by molar-refractivity contribution is 0.173. The molecule has 1 fully saturated rings. The molecule has 0 spiro atoms. The van der Waals surface area contributed by atoms with Crippen LogP contribution in [0.15, 0.2) is 42.5 Å². The highest BCUT2D eigenvalue weighted by Gasteiger charge is 2.27. The summed E-state index contributed by atoms with van der Waals surface area (Å²) in [5, 5.41) is 3.43. The average Bonchev–Trinajstić information content (AvgIpc) is 3.09. The van der Waals surface area contributed by atoms with E-state index in [1.54, 1.807) is 0 Å². The summed E-state index contributed by atoms with van der Waals surface area (Å²) in [6, 6.07) is 12.5. The summed E-state index contributed by atoms with van der Waals surface area (Å²) in [5.41, 5.74) is 1.18. The first kappa shape index (κ1) is 20.3. The second-order valence-corrected chi connectivity index (χ2v) is 6.24. The Morgan fingerprint density at radius 3 is 2.65 bits per heavy atom. The molecule has 4 rings (SSSR count). The van der Waals surface area contributed by atoms with Crippen LogP contribution in [-0.2, 0) is 0 Å². The first-order valence-electron chi connectivity index (χ1n) is 8.28. The quantitative estimate of drug-likeness (QED) is 0.852. The van der Waals surface area contributed by atoms with Crippen LogP contribution in [0.25, 0.3) is 0 Å². The van der Waals surface area contributed by atoms with Gasteiger partial charge in [-0.15, -0.1) is 12.4 Å². The number of benzene rings is 2. The van der Waals surface area contributed by atoms with Gasteiger partial charge in [-0.05, 0) is 48.7 Å². The van der Waals surface area contributed by atoms with Gasteiger partial charge in [-0.1, -0.05) is 19.6 Å². The van der Waals surface area contributed by atoms with Crippen LogP contribution in [-0.4, -0.2) is 26.5 Å². The van der Waals surface area contributed by atoms with Crippen LogP contribution in [0.4, 0.5) is 4.39 Å². The number of piperidine rings is 1. The van der Waals surface area contributed by atoms with Crippen molar-refractivity contribution in [1.82, 2.24) is 5.32 Å². The smallest absolute Gasteiger partial charge is 0.231 e. The molecule has 6 heteroatoms. The minimum atomic E-state index is -0.194. The van der Waals surface area contributed by atoms with E-state index in [-0.39, 0.29) is 32.4 Å². The number of hydrogen-bond acceptors (Lipinski definition) is 4. The second-order valence-electron chi connectivity index (χ2n) is 6.24. The Kier molecular flexibility index (Phi) is 7.12. The van der Waals surface area contributed by atoms with Gasteiger partial charge in [0.2, 0.25) is 6.79 Å². The largest absolute Gasteiger partial charge is 0.493 e. The lowest BCUT2D eigenvalue weighted by Gasteiger charge is -2.32. The Balaban J connectivity index is 0.00000121. The van der Waals surface area contributed by atoms with Crippen molar-refractivity contribution in [3.63, 3.8) is 0 Å². The van der Waals surface area contributed by atoms with Crippen molar-refractivity contribution in [2.24, 2.45) is 5.92 Å². The van der Waals surface area contributed by atoms with E-state index in [9.17, 15) is 4.39 Å². The van der Waals surface area contributed by atoms with Crippen molar-refractivity contribution in [2.75, 3.05) is 26.5 Å². The Morgan fingerprint density at radius 2 is 1.85 bits per heavy atom. The van der Waals surface area contributed by atoms with Crippen LogP contribution in [0.1, 0.15) is 25.3 Å². The summed E-state index contributed by atoms with van der Waals surface area (Å²) >= 11 is 0. The lowest BCUT2D eigenvalue weighted by Crippen LogP contribution is -2.38. The molecular weight excluding hydrogens is 357 g/mol. The molecule has 2 aromatic carbocycles. The highest BCUT2D eigenvalue weighted by Crippen LogP contribution is 2.36. The molecule has 0 radical (unpaired) electrons. The molecule has 0 aliphatic carbocycles. The number of hydrogen-bond donors (Lipinski definition) is 1. The third kappa shape index (κ3) is 4.40. The van der Waals surface area contributed by atoms with Crippen LogP contribution >= 0.6 is 12.4 Å². The SMILES string of the molecule is C.Cl.Fc1ccc([C@H]2CCNC[C@@H]2COc2ccc3c(c2)OCO3)cc1. The summed E-state index contributed by atoms with van der Waals surface area (Å²) in [4.78, 5) is 0. The molecule has 2 aromatic rings. The summed E-state index contributed by atoms with van der Waals surface area (Å²) in [7, 11) is 0. The molecule has 0 bridgehead atoms. The highest BCUT2D eigenvalue weighted by atomic mass is 35.5. The third-order valence-electron chi connectivity index (χ3n) is 4.71. The van der Waals surface area contributed by atoms with E-state index in [4.69, 9.17) is 14.2 Å². The maximum Gasteiger partial charge on any atom is 0.231 e. The fourth-order valence-corrected chi connectivity index (χ4v) is 3.42. The summed E-state index contributed by atoms with van der Waals surface area (Å²) in [6.07, 6.45) is 1.03. The Hall–Kier alpha value is -1.98. The molecule has 0 aromatic heterocycles. The fraction of sp³-hybridized carbons (Fsp3) is 0.400. The maximum absolute atomic E-state index is 13.2. The van der Waals surface area contributed by atoms with Gasteiger partial charge in [0.15, 0.2) is 11.5 Å². The van der Waals surface area contributed by atoms with Crippen molar-refractivity contribution in [3.8, 4) is 17.2 Å². The Bertz CT molecular complexity index is 711. The molecule has 2 aliphatic rings. The average molecular weight is 382 g/mol. The minimum absolute atomic E-state index is 0. The van der Waals surface area contributed by atoms with Gasteiger partial charge in [0, 0.05) is 18.5 Å². The molecular formula is C20H25ClFNO3. The molecule has 4 nitrogen and oxygen atoms in total. The molecule has 0 unspecified atom stereocenters. The number of fused-ring (bicyclic) bond motifs is 1. The standard InChI is InChI=1S/C19H20FNO3.CH4.ClH/c20-15-3-1-13(2-4-15)17-7-8-21-10-14(17)11-22-16-5-6-18-19(9-16)24-12-23-18;;/h1-6,9,14,17,21H,7-8,10-12H2;1H4;1H/t14-,17-;;/m1../s1. The molecule has 142 valence electrons. The molecule has 2 heterocycles. The number of nitrogens with one attached hydrogen (secondary N) is 1. The van der Waals surface area contributed by atoms with E-state index in [1.807, 2.05) is 30.3 Å². The van der Waals surface area contributed by atoms with E-state index in [2.05, 4.69) is 5.32 Å². The van der Waals surface area contributed by atoms with E-state index in [1.165, 1.54) is 17.7 Å². The zero-order chi connectivity index (χ0) is 16.4. The molecule has 1 saturated heterocycles. The van der Waals surface area contributed by atoms with Crippen LogP contribution in [0, 0.1) is 11.7 Å². The summed E-state index contributed by atoms with van der Waals surface area (Å²) in [5.74, 6) is 2.79. The second kappa shape index (κ2) is 9.10. The van der Waals surface area contributed by atoms with Crippen LogP contribution in [0.3, 0.4) is 0 Å². The van der Waals surface area contributed by atoms with Gasteiger partial charge in [0.05, 0.1) is 6.61 Å². The van der Waals surface area contributed by atoms with E-state index in [0.717, 1.165) is 36.8 Å². The van der Waals surface area contributed by atoms with E-state index < -0.39 is 0 Å². The normalized spacial score (nSPS) is 20.7. The van der Waals surface area contributed by atoms with Gasteiger partial charge in [-0.25, -0.2) is 4.39 Å². The molecule has 26 heavy (non-hydrogen) atoms. The molecule has 0 saturated carbocycles. The van der Waals surface area contributed by atoms with Gasteiger partial charge in [-0.3, -0.25) is 0 Å². The summed E-state index contributed by atoms with van der Waals surface area (Å²) < 4.78 is 29.9. The highest BCUT2D eigenvalue weighted by molar-refractivity contribution is 5.85. The van der Waals surface area contributed by atoms with Crippen molar-refractivity contribution < 1.29 is 18.6 Å². The van der Waals surface area contributed by atoms with Crippen LogP contribution < -0.4 is 19.5 Å². The lowest BCUT2D eigenvalue weighted by atomic mass is 9.81. The van der Waals surface area contributed by atoms with E-state index >= 15 is 0 Å². The topological polar surface area (TPSA) is 39.7 Å². The number of halogens is 2. The molecule has 2 aliphatic heterocycles. The van der Waals surface area contributed by atoms with Crippen LogP contribution in [0.2, 0.25) is 0 Å². The predicted octanol–water partition coefficient (Wildman–Crippen LogP) is 4.38. The number of rotatable bonds is 4. The van der Waals surface area contributed by atoms with Crippen molar-refractivity contribution in [1.29, 1.82) is 0 Å². The predicted molar refractivity (Wildman–Crippen MR) is 102 cm³/mol. The van der Waals surface area contributed by atoms with Gasteiger partial charge in [-0.2, -0.15) is 0 Å². The first-order chi connectivity index (χ1) is 11.8. The zero-order valence-electron chi connectivity index (χ0n) is 13.7. The molecule has 0 amide bonds. The van der Waals surface area contributed by atoms with E-state index in [0.29, 0.717) is 18.4 Å². The fourth-order valence-electron chi connectivity index (χ4n) is 3.42. The zero-order valence-corrected chi connectivity index (χ0v) is 14.6. The van der Waals surface area contributed by atoms with Gasteiger partial charge >= 0.3 is 0 Å². The Labute approximate surface area is 160 Å². The third-order valence-corrected chi connectivity index (χ3v) is 4.71. The first-order valence-corrected chi connectivity index (χ1v) is 8.28. The van der Waals surface area contributed by atoms with Gasteiger partial charge in [0.1, 0.15) is 11.6 Å². The van der Waals surface area contributed by atoms with Gasteiger partial charge < -0.3 is 19.5 Å². The summed E-state index contributed by atoms with van der Waals surface area (Å²) in [6.45, 7) is 2.74. The van der Waals surface area contributed by atoms with Crippen molar-refractivity contribution in [3.05, 3.63) is 53.8 Å². The van der Waals surface area contributed by atoms with Crippen molar-refractivity contribution >= 4 is 12.4 Å². The molecule has 2 atom stereocenters. The number of ether oxygens (including phenoxy) is 3. The van der Waals surface area contributed by atoms with Crippen LogP contribution in [0.5, 0.6) is 17.2 Å². The Morgan fingerprint density at radius 1 is 1.08 bits per heavy atom. The maximum atomic E-state index is 13.2. The minimum Gasteiger partial charge on any atom is -0.493 e.